The third kappa shape index (κ3) is 2.45. The maximum Gasteiger partial charge on any atom is 0.327 e. The first-order valence-corrected chi connectivity index (χ1v) is 5.87. The highest BCUT2D eigenvalue weighted by Gasteiger charge is 2.28. The van der Waals surface area contributed by atoms with E-state index < -0.39 is 17.8 Å². The van der Waals surface area contributed by atoms with Crippen LogP contribution in [0.2, 0.25) is 0 Å². The van der Waals surface area contributed by atoms with Gasteiger partial charge in [0.1, 0.15) is 6.04 Å². The summed E-state index contributed by atoms with van der Waals surface area (Å²) in [4.78, 5) is 35.1. The van der Waals surface area contributed by atoms with E-state index in [4.69, 9.17) is 11.5 Å². The number of terminal acetylenes is 1. The van der Waals surface area contributed by atoms with Crippen LogP contribution in [0.15, 0.2) is 36.0 Å². The fourth-order valence-electron chi connectivity index (χ4n) is 1.93. The van der Waals surface area contributed by atoms with Crippen LogP contribution in [0.25, 0.3) is 0 Å². The molecule has 1 aromatic rings. The highest BCUT2D eigenvalue weighted by molar-refractivity contribution is 6.24. The van der Waals surface area contributed by atoms with Crippen molar-refractivity contribution in [3.63, 3.8) is 0 Å². The molecule has 0 saturated carbocycles. The molecule has 20 heavy (non-hydrogen) atoms. The Balaban J connectivity index is 2.31. The summed E-state index contributed by atoms with van der Waals surface area (Å²) < 4.78 is 0. The molecular weight excluding hydrogens is 258 g/mol. The minimum absolute atomic E-state index is 0.0450. The highest BCUT2D eigenvalue weighted by Crippen LogP contribution is 2.20. The monoisotopic (exact) mass is 269 g/mol. The zero-order chi connectivity index (χ0) is 14.7. The van der Waals surface area contributed by atoms with E-state index in [0.29, 0.717) is 5.56 Å². The van der Waals surface area contributed by atoms with E-state index in [9.17, 15) is 14.4 Å². The van der Waals surface area contributed by atoms with Crippen molar-refractivity contribution >= 4 is 17.5 Å². The molecule has 0 amide bonds. The van der Waals surface area contributed by atoms with Gasteiger partial charge in [-0.05, 0) is 0 Å². The number of benzene rings is 1. The molecule has 0 fully saturated rings. The third-order valence-corrected chi connectivity index (χ3v) is 2.91. The number of carboxylic acid groups (broad SMARTS) is 1. The van der Waals surface area contributed by atoms with Crippen molar-refractivity contribution in [1.82, 2.24) is 5.32 Å². The predicted octanol–water partition coefficient (Wildman–Crippen LogP) is 1.02. The van der Waals surface area contributed by atoms with E-state index in [1.165, 1.54) is 6.07 Å². The number of carbonyl (C=O) groups is 3. The van der Waals surface area contributed by atoms with Gasteiger partial charge in [-0.1, -0.05) is 24.3 Å². The normalized spacial score (nSPS) is 14.8. The molecule has 0 aliphatic heterocycles. The van der Waals surface area contributed by atoms with Gasteiger partial charge in [-0.2, -0.15) is 0 Å². The minimum Gasteiger partial charge on any atom is -0.480 e. The van der Waals surface area contributed by atoms with Crippen molar-refractivity contribution in [2.45, 2.75) is 12.5 Å². The van der Waals surface area contributed by atoms with Gasteiger partial charge in [-0.3, -0.25) is 9.59 Å². The van der Waals surface area contributed by atoms with Crippen LogP contribution < -0.4 is 5.32 Å². The van der Waals surface area contributed by atoms with Crippen molar-refractivity contribution in [1.29, 1.82) is 0 Å². The minimum atomic E-state index is -1.18. The number of carbonyl (C=O) groups excluding carboxylic acids is 2. The van der Waals surface area contributed by atoms with E-state index in [1.54, 1.807) is 18.2 Å². The van der Waals surface area contributed by atoms with Crippen molar-refractivity contribution in [3.05, 3.63) is 47.2 Å². The number of ketones is 2. The molecule has 1 aliphatic carbocycles. The van der Waals surface area contributed by atoms with Gasteiger partial charge in [0.05, 0.1) is 5.70 Å². The summed E-state index contributed by atoms with van der Waals surface area (Å²) in [5, 5.41) is 11.5. The fourth-order valence-corrected chi connectivity index (χ4v) is 1.93. The highest BCUT2D eigenvalue weighted by atomic mass is 16.4. The number of hydrogen-bond acceptors (Lipinski definition) is 4. The first-order valence-electron chi connectivity index (χ1n) is 5.87. The number of Topliss-reactive ketones (excluding diaryl/α,β-unsaturated/α-hetero) is 1. The van der Waals surface area contributed by atoms with Crippen molar-refractivity contribution in [3.8, 4) is 12.3 Å². The number of nitrogens with one attached hydrogen (secondary N) is 1. The molecule has 100 valence electrons. The van der Waals surface area contributed by atoms with Gasteiger partial charge in [0.15, 0.2) is 5.78 Å². The predicted molar refractivity (Wildman–Crippen MR) is 71.2 cm³/mol. The Kier molecular flexibility index (Phi) is 3.67. The zero-order valence-corrected chi connectivity index (χ0v) is 10.4. The Bertz CT molecular complexity index is 667. The molecule has 5 nitrogen and oxygen atoms in total. The zero-order valence-electron chi connectivity index (χ0n) is 10.4. The molecule has 0 heterocycles. The smallest absolute Gasteiger partial charge is 0.327 e. The average Bonchev–Trinajstić information content (AvgIpc) is 2.43. The molecular formula is C15H11NO4. The lowest BCUT2D eigenvalue weighted by molar-refractivity contribution is -0.139. The molecule has 0 bridgehead atoms. The number of aliphatic carboxylic acids is 1. The SMILES string of the molecule is C#CC[C@@H](NC1=CC(=O)c2ccccc2C1=O)C(=O)O. The van der Waals surface area contributed by atoms with Gasteiger partial charge in [0.25, 0.3) is 0 Å². The molecule has 1 aliphatic rings. The quantitative estimate of drug-likeness (QED) is 0.797. The lowest BCUT2D eigenvalue weighted by Crippen LogP contribution is -2.39. The van der Waals surface area contributed by atoms with E-state index in [2.05, 4.69) is 11.2 Å². The lowest BCUT2D eigenvalue weighted by Gasteiger charge is -2.19. The second-order valence-electron chi connectivity index (χ2n) is 4.24. The van der Waals surface area contributed by atoms with E-state index >= 15 is 0 Å². The molecule has 0 spiro atoms. The summed E-state index contributed by atoms with van der Waals surface area (Å²) in [5.74, 6) is 0.286. The Morgan fingerprint density at radius 2 is 1.95 bits per heavy atom. The van der Waals surface area contributed by atoms with Crippen molar-refractivity contribution < 1.29 is 19.5 Å². The van der Waals surface area contributed by atoms with E-state index in [0.717, 1.165) is 6.08 Å². The topological polar surface area (TPSA) is 83.5 Å². The largest absolute Gasteiger partial charge is 0.480 e. The van der Waals surface area contributed by atoms with E-state index in [1.807, 2.05) is 0 Å². The van der Waals surface area contributed by atoms with Crippen LogP contribution >= 0.6 is 0 Å². The number of hydrogen-bond donors (Lipinski definition) is 2. The summed E-state index contributed by atoms with van der Waals surface area (Å²) in [6.07, 6.45) is 6.11. The lowest BCUT2D eigenvalue weighted by atomic mass is 9.92. The summed E-state index contributed by atoms with van der Waals surface area (Å²) in [6, 6.07) is 5.28. The number of carboxylic acids is 1. The average molecular weight is 269 g/mol. The molecule has 0 aromatic heterocycles. The van der Waals surface area contributed by atoms with Crippen LogP contribution in [0.4, 0.5) is 0 Å². The van der Waals surface area contributed by atoms with Crippen molar-refractivity contribution in [2.24, 2.45) is 0 Å². The van der Waals surface area contributed by atoms with Gasteiger partial charge in [-0.15, -0.1) is 12.3 Å². The Hall–Kier alpha value is -2.87. The molecule has 2 N–H and O–H groups in total. The second kappa shape index (κ2) is 5.41. The Morgan fingerprint density at radius 3 is 2.55 bits per heavy atom. The first kappa shape index (κ1) is 13.6. The maximum absolute atomic E-state index is 12.2. The molecule has 0 radical (unpaired) electrons. The van der Waals surface area contributed by atoms with Gasteiger partial charge >= 0.3 is 5.97 Å². The van der Waals surface area contributed by atoms with Gasteiger partial charge in [-0.25, -0.2) is 4.79 Å². The van der Waals surface area contributed by atoms with Crippen LogP contribution in [-0.2, 0) is 4.79 Å². The molecule has 2 rings (SSSR count). The van der Waals surface area contributed by atoms with Gasteiger partial charge in [0, 0.05) is 23.6 Å². The maximum atomic E-state index is 12.2. The molecule has 0 saturated heterocycles. The summed E-state index contributed by atoms with van der Waals surface area (Å²) in [5.41, 5.74) is 0.524. The molecule has 0 unspecified atom stereocenters. The second-order valence-corrected chi connectivity index (χ2v) is 4.24. The number of allylic oxidation sites excluding steroid dienone is 2. The summed E-state index contributed by atoms with van der Waals surface area (Å²) in [6.45, 7) is 0. The summed E-state index contributed by atoms with van der Waals surface area (Å²) >= 11 is 0. The third-order valence-electron chi connectivity index (χ3n) is 2.91. The van der Waals surface area contributed by atoms with Gasteiger partial charge < -0.3 is 10.4 Å². The van der Waals surface area contributed by atoms with Crippen LogP contribution in [-0.4, -0.2) is 28.7 Å². The first-order chi connectivity index (χ1) is 9.54. The molecule has 1 aromatic carbocycles. The molecule has 1 atom stereocenters. The summed E-state index contributed by atoms with van der Waals surface area (Å²) in [7, 11) is 0. The molecule has 5 heteroatoms. The van der Waals surface area contributed by atoms with Crippen LogP contribution in [0, 0.1) is 12.3 Å². The number of fused-ring (bicyclic) bond motifs is 1. The Labute approximate surface area is 115 Å². The standard InChI is InChI=1S/C15H11NO4/c1-2-5-11(15(19)20)16-12-8-13(17)9-6-3-4-7-10(9)14(12)18/h1,3-4,6-8,11,16H,5H2,(H,19,20)/t11-/m1/s1. The fraction of sp³-hybridized carbons (Fsp3) is 0.133. The van der Waals surface area contributed by atoms with Gasteiger partial charge in [0.2, 0.25) is 5.78 Å². The van der Waals surface area contributed by atoms with Crippen LogP contribution in [0.1, 0.15) is 27.1 Å². The van der Waals surface area contributed by atoms with Crippen LogP contribution in [0.3, 0.4) is 0 Å². The van der Waals surface area contributed by atoms with Crippen molar-refractivity contribution in [2.75, 3.05) is 0 Å². The Morgan fingerprint density at radius 1 is 1.30 bits per heavy atom. The number of rotatable bonds is 4. The van der Waals surface area contributed by atoms with E-state index in [-0.39, 0.29) is 23.5 Å². The van der Waals surface area contributed by atoms with Crippen LogP contribution in [0.5, 0.6) is 0 Å².